The van der Waals surface area contributed by atoms with Gasteiger partial charge in [-0.2, -0.15) is 13.2 Å². The van der Waals surface area contributed by atoms with Gasteiger partial charge < -0.3 is 5.11 Å². The summed E-state index contributed by atoms with van der Waals surface area (Å²) >= 11 is 1.37. The summed E-state index contributed by atoms with van der Waals surface area (Å²) in [5, 5.41) is 8.56. The minimum absolute atomic E-state index is 0.0134. The molecule has 1 aromatic heterocycles. The first-order chi connectivity index (χ1) is 8.40. The molecule has 0 atom stereocenters. The molecule has 0 unspecified atom stereocenters. The Morgan fingerprint density at radius 1 is 1.39 bits per heavy atom. The maximum absolute atomic E-state index is 12.1. The van der Waals surface area contributed by atoms with Gasteiger partial charge in [-0.25, -0.2) is 0 Å². The van der Waals surface area contributed by atoms with Crippen LogP contribution in [-0.2, 0) is 6.54 Å². The minimum atomic E-state index is -4.17. The van der Waals surface area contributed by atoms with Gasteiger partial charge in [0.05, 0.1) is 18.0 Å². The lowest BCUT2D eigenvalue weighted by Gasteiger charge is -2.17. The summed E-state index contributed by atoms with van der Waals surface area (Å²) in [4.78, 5) is 2.87. The molecule has 1 heterocycles. The number of aliphatic hydroxyl groups is 1. The Morgan fingerprint density at radius 3 is 2.72 bits per heavy atom. The van der Waals surface area contributed by atoms with Crippen molar-refractivity contribution in [2.75, 3.05) is 20.2 Å². The van der Waals surface area contributed by atoms with Gasteiger partial charge in [0.15, 0.2) is 0 Å². The predicted molar refractivity (Wildman–Crippen MR) is 65.3 cm³/mol. The third kappa shape index (κ3) is 6.05. The molecule has 1 aromatic rings. The molecule has 0 fully saturated rings. The molecule has 6 heteroatoms. The quantitative estimate of drug-likeness (QED) is 0.855. The lowest BCUT2D eigenvalue weighted by molar-refractivity contribution is -0.143. The van der Waals surface area contributed by atoms with Crippen LogP contribution in [0.2, 0.25) is 0 Å². The summed E-state index contributed by atoms with van der Waals surface area (Å²) in [7, 11) is 1.43. The number of nitrogens with zero attached hydrogens (tertiary/aromatic N) is 1. The van der Waals surface area contributed by atoms with Gasteiger partial charge in [-0.05, 0) is 19.2 Å². The Kier molecular flexibility index (Phi) is 5.66. The molecule has 0 saturated carbocycles. The fourth-order valence-corrected chi connectivity index (χ4v) is 2.33. The number of halogens is 3. The first-order valence-electron chi connectivity index (χ1n) is 5.34. The molecule has 0 aliphatic rings. The summed E-state index contributed by atoms with van der Waals surface area (Å²) in [5.74, 6) is 5.63. The maximum Gasteiger partial charge on any atom is 0.401 e. The highest BCUT2D eigenvalue weighted by molar-refractivity contribution is 7.12. The van der Waals surface area contributed by atoms with E-state index < -0.39 is 12.7 Å². The second kappa shape index (κ2) is 6.78. The van der Waals surface area contributed by atoms with Crippen molar-refractivity contribution in [1.29, 1.82) is 0 Å². The topological polar surface area (TPSA) is 23.5 Å². The smallest absolute Gasteiger partial charge is 0.395 e. The Hall–Kier alpha value is -1.03. The van der Waals surface area contributed by atoms with Crippen LogP contribution in [0.4, 0.5) is 13.2 Å². The van der Waals surface area contributed by atoms with E-state index in [-0.39, 0.29) is 13.2 Å². The standard InChI is InChI=1S/C12H14F3NOS/c1-16(9-12(13,14)15)8-11-6-5-10(18-11)4-2-3-7-17/h5-6,17H,3,7-9H2,1H3. The van der Waals surface area contributed by atoms with Crippen molar-refractivity contribution in [2.24, 2.45) is 0 Å². The van der Waals surface area contributed by atoms with E-state index in [9.17, 15) is 13.2 Å². The highest BCUT2D eigenvalue weighted by Crippen LogP contribution is 2.20. The van der Waals surface area contributed by atoms with E-state index in [1.807, 2.05) is 0 Å². The van der Waals surface area contributed by atoms with Crippen LogP contribution in [0.3, 0.4) is 0 Å². The van der Waals surface area contributed by atoms with Gasteiger partial charge in [0.25, 0.3) is 0 Å². The van der Waals surface area contributed by atoms with E-state index in [0.29, 0.717) is 6.42 Å². The molecule has 0 spiro atoms. The van der Waals surface area contributed by atoms with Crippen LogP contribution < -0.4 is 0 Å². The predicted octanol–water partition coefficient (Wildman–Crippen LogP) is 2.48. The Balaban J connectivity index is 2.52. The van der Waals surface area contributed by atoms with Crippen molar-refractivity contribution in [3.8, 4) is 11.8 Å². The van der Waals surface area contributed by atoms with Gasteiger partial charge in [0.1, 0.15) is 0 Å². The Bertz CT molecular complexity index is 431. The number of hydrogen-bond acceptors (Lipinski definition) is 3. The Labute approximate surface area is 108 Å². The fourth-order valence-electron chi connectivity index (χ4n) is 1.36. The van der Waals surface area contributed by atoms with Gasteiger partial charge in [-0.1, -0.05) is 11.8 Å². The molecule has 0 saturated heterocycles. The summed E-state index contributed by atoms with van der Waals surface area (Å²) < 4.78 is 36.4. The number of rotatable bonds is 4. The number of aliphatic hydroxyl groups excluding tert-OH is 1. The second-order valence-corrected chi connectivity index (χ2v) is 5.00. The van der Waals surface area contributed by atoms with Crippen LogP contribution in [0.1, 0.15) is 16.2 Å². The summed E-state index contributed by atoms with van der Waals surface area (Å²) in [6.45, 7) is -0.651. The molecule has 0 aliphatic carbocycles. The average molecular weight is 277 g/mol. The van der Waals surface area contributed by atoms with Gasteiger partial charge in [0, 0.05) is 17.8 Å². The highest BCUT2D eigenvalue weighted by atomic mass is 32.1. The molecule has 1 rings (SSSR count). The summed E-state index contributed by atoms with van der Waals surface area (Å²) in [6, 6.07) is 3.56. The minimum Gasteiger partial charge on any atom is -0.395 e. The third-order valence-corrected chi connectivity index (χ3v) is 2.97. The lowest BCUT2D eigenvalue weighted by atomic mass is 10.4. The monoisotopic (exact) mass is 277 g/mol. The van der Waals surface area contributed by atoms with Crippen molar-refractivity contribution in [3.05, 3.63) is 21.9 Å². The number of hydrogen-bond donors (Lipinski definition) is 1. The number of thiophene rings is 1. The van der Waals surface area contributed by atoms with E-state index in [1.165, 1.54) is 23.3 Å². The average Bonchev–Trinajstić information content (AvgIpc) is 2.63. The zero-order valence-electron chi connectivity index (χ0n) is 9.92. The largest absolute Gasteiger partial charge is 0.401 e. The normalized spacial score (nSPS) is 11.4. The van der Waals surface area contributed by atoms with Crippen molar-refractivity contribution in [2.45, 2.75) is 19.1 Å². The van der Waals surface area contributed by atoms with Crippen LogP contribution in [0.15, 0.2) is 12.1 Å². The lowest BCUT2D eigenvalue weighted by Crippen LogP contribution is -2.30. The second-order valence-electron chi connectivity index (χ2n) is 3.83. The van der Waals surface area contributed by atoms with Crippen LogP contribution in [0.5, 0.6) is 0 Å². The van der Waals surface area contributed by atoms with E-state index >= 15 is 0 Å². The molecule has 0 aliphatic heterocycles. The summed E-state index contributed by atoms with van der Waals surface area (Å²) in [6.07, 6.45) is -3.77. The van der Waals surface area contributed by atoms with Crippen molar-refractivity contribution in [1.82, 2.24) is 4.90 Å². The van der Waals surface area contributed by atoms with Crippen LogP contribution in [-0.4, -0.2) is 36.4 Å². The zero-order valence-corrected chi connectivity index (χ0v) is 10.7. The first-order valence-corrected chi connectivity index (χ1v) is 6.16. The number of alkyl halides is 3. The molecular weight excluding hydrogens is 263 g/mol. The highest BCUT2D eigenvalue weighted by Gasteiger charge is 2.29. The van der Waals surface area contributed by atoms with E-state index in [2.05, 4.69) is 11.8 Å². The molecule has 100 valence electrons. The maximum atomic E-state index is 12.1. The molecular formula is C12H14F3NOS. The Morgan fingerprint density at radius 2 is 2.11 bits per heavy atom. The van der Waals surface area contributed by atoms with Crippen LogP contribution in [0.25, 0.3) is 0 Å². The molecule has 0 bridgehead atoms. The van der Waals surface area contributed by atoms with Gasteiger partial charge in [-0.3, -0.25) is 4.90 Å². The zero-order chi connectivity index (χ0) is 13.6. The van der Waals surface area contributed by atoms with E-state index in [0.717, 1.165) is 9.75 Å². The molecule has 0 radical (unpaired) electrons. The van der Waals surface area contributed by atoms with Crippen molar-refractivity contribution in [3.63, 3.8) is 0 Å². The van der Waals surface area contributed by atoms with Gasteiger partial charge in [0.2, 0.25) is 0 Å². The first kappa shape index (κ1) is 15.0. The van der Waals surface area contributed by atoms with Crippen molar-refractivity contribution >= 4 is 11.3 Å². The SMILES string of the molecule is CN(Cc1ccc(C#CCCO)s1)CC(F)(F)F. The van der Waals surface area contributed by atoms with E-state index in [1.54, 1.807) is 12.1 Å². The third-order valence-electron chi connectivity index (χ3n) is 1.98. The van der Waals surface area contributed by atoms with Crippen LogP contribution in [0, 0.1) is 11.8 Å². The van der Waals surface area contributed by atoms with Crippen LogP contribution >= 0.6 is 11.3 Å². The van der Waals surface area contributed by atoms with Gasteiger partial charge in [-0.15, -0.1) is 11.3 Å². The molecule has 18 heavy (non-hydrogen) atoms. The molecule has 0 aromatic carbocycles. The molecule has 1 N–H and O–H groups in total. The van der Waals surface area contributed by atoms with Gasteiger partial charge >= 0.3 is 6.18 Å². The van der Waals surface area contributed by atoms with Crippen molar-refractivity contribution < 1.29 is 18.3 Å². The molecule has 0 amide bonds. The fraction of sp³-hybridized carbons (Fsp3) is 0.500. The van der Waals surface area contributed by atoms with E-state index in [4.69, 9.17) is 5.11 Å². The molecule has 2 nitrogen and oxygen atoms in total. The summed E-state index contributed by atoms with van der Waals surface area (Å²) in [5.41, 5.74) is 0.